The van der Waals surface area contributed by atoms with Crippen LogP contribution in [0.2, 0.25) is 3.43 Å². The summed E-state index contributed by atoms with van der Waals surface area (Å²) in [6.45, 7) is 7.00. The van der Waals surface area contributed by atoms with E-state index in [0.717, 1.165) is 0 Å². The van der Waals surface area contributed by atoms with Crippen LogP contribution in [0.15, 0.2) is 24.5 Å². The number of aromatic nitrogens is 1. The number of unbranched alkanes of at least 4 members (excludes halogenated alkanes) is 3. The van der Waals surface area contributed by atoms with E-state index in [-0.39, 0.29) is 0 Å². The van der Waals surface area contributed by atoms with Gasteiger partial charge in [-0.15, -0.1) is 0 Å². The first-order chi connectivity index (χ1) is 9.76. The average molecular weight is 380 g/mol. The summed E-state index contributed by atoms with van der Waals surface area (Å²) in [6.07, 6.45) is 16.7. The summed E-state index contributed by atoms with van der Waals surface area (Å²) in [5.41, 5.74) is 0. The zero-order chi connectivity index (χ0) is 14.7. The van der Waals surface area contributed by atoms with E-state index in [2.05, 4.69) is 44.1 Å². The SMILES string of the molecule is CCCC[C](CCCC)(CCCC)[Sn][c]1cccnc1. The Hall–Kier alpha value is -0.0513. The molecule has 0 aliphatic carbocycles. The van der Waals surface area contributed by atoms with Gasteiger partial charge in [-0.3, -0.25) is 0 Å². The van der Waals surface area contributed by atoms with Crippen molar-refractivity contribution < 1.29 is 0 Å². The standard InChI is InChI=1S/C13H27.C5H4N.Sn/c1-4-7-10-13(11-8-5-2)12-9-6-3;1-2-4-6-5-3-1;/h4-12H2,1-3H3;1-2,4-5H;. The van der Waals surface area contributed by atoms with E-state index in [0.29, 0.717) is 3.43 Å². The van der Waals surface area contributed by atoms with Gasteiger partial charge in [0.15, 0.2) is 0 Å². The summed E-state index contributed by atoms with van der Waals surface area (Å²) in [4.78, 5) is 4.35. The van der Waals surface area contributed by atoms with Gasteiger partial charge in [-0.2, -0.15) is 0 Å². The van der Waals surface area contributed by atoms with Gasteiger partial charge in [-0.05, 0) is 0 Å². The second-order valence-electron chi connectivity index (χ2n) is 5.96. The van der Waals surface area contributed by atoms with Gasteiger partial charge < -0.3 is 0 Å². The summed E-state index contributed by atoms with van der Waals surface area (Å²) in [5, 5.41) is 0. The topological polar surface area (TPSA) is 12.9 Å². The van der Waals surface area contributed by atoms with E-state index in [1.54, 1.807) is 3.58 Å². The third-order valence-electron chi connectivity index (χ3n) is 4.10. The summed E-state index contributed by atoms with van der Waals surface area (Å²) in [6, 6.07) is 4.46. The second kappa shape index (κ2) is 10.6. The van der Waals surface area contributed by atoms with Crippen LogP contribution in [0, 0.1) is 0 Å². The molecule has 20 heavy (non-hydrogen) atoms. The van der Waals surface area contributed by atoms with Gasteiger partial charge in [-0.1, -0.05) is 0 Å². The number of hydrogen-bond donors (Lipinski definition) is 0. The molecular weight excluding hydrogens is 349 g/mol. The van der Waals surface area contributed by atoms with E-state index < -0.39 is 21.1 Å². The molecule has 0 bridgehead atoms. The molecule has 0 atom stereocenters. The fourth-order valence-corrected chi connectivity index (χ4v) is 8.09. The van der Waals surface area contributed by atoms with E-state index >= 15 is 0 Å². The predicted molar refractivity (Wildman–Crippen MR) is 90.9 cm³/mol. The van der Waals surface area contributed by atoms with Gasteiger partial charge in [0.2, 0.25) is 0 Å². The van der Waals surface area contributed by atoms with Crippen LogP contribution >= 0.6 is 0 Å². The van der Waals surface area contributed by atoms with Crippen molar-refractivity contribution in [1.29, 1.82) is 0 Å². The van der Waals surface area contributed by atoms with Gasteiger partial charge in [0.25, 0.3) is 0 Å². The summed E-state index contributed by atoms with van der Waals surface area (Å²) in [5.74, 6) is 0. The number of rotatable bonds is 11. The van der Waals surface area contributed by atoms with Crippen molar-refractivity contribution in [2.24, 2.45) is 0 Å². The Balaban J connectivity index is 2.81. The number of pyridine rings is 1. The molecule has 1 nitrogen and oxygen atoms in total. The molecule has 0 saturated heterocycles. The third kappa shape index (κ3) is 6.60. The molecule has 0 aliphatic heterocycles. The summed E-state index contributed by atoms with van der Waals surface area (Å²) >= 11 is -0.553. The van der Waals surface area contributed by atoms with Crippen LogP contribution in [0.3, 0.4) is 0 Å². The van der Waals surface area contributed by atoms with Crippen molar-refractivity contribution in [3.05, 3.63) is 24.5 Å². The maximum absolute atomic E-state index is 4.35. The Bertz CT molecular complexity index is 315. The predicted octanol–water partition coefficient (Wildman–Crippen LogP) is 5.14. The van der Waals surface area contributed by atoms with E-state index in [1.807, 2.05) is 6.20 Å². The fraction of sp³-hybridized carbons (Fsp3) is 0.722. The van der Waals surface area contributed by atoms with E-state index in [1.165, 1.54) is 57.8 Å². The first-order valence-electron chi connectivity index (χ1n) is 8.44. The molecule has 0 fully saturated rings. The van der Waals surface area contributed by atoms with Gasteiger partial charge in [0.1, 0.15) is 0 Å². The van der Waals surface area contributed by atoms with Crippen LogP contribution < -0.4 is 3.58 Å². The molecule has 0 N–H and O–H groups in total. The Labute approximate surface area is 136 Å². The van der Waals surface area contributed by atoms with Crippen LogP contribution in [-0.4, -0.2) is 26.1 Å². The molecule has 1 aromatic rings. The zero-order valence-electron chi connectivity index (χ0n) is 13.6. The van der Waals surface area contributed by atoms with Gasteiger partial charge in [0, 0.05) is 0 Å². The Morgan fingerprint density at radius 3 is 1.90 bits per heavy atom. The molecule has 0 amide bonds. The third-order valence-corrected chi connectivity index (χ3v) is 9.42. The van der Waals surface area contributed by atoms with Crippen LogP contribution in [0.4, 0.5) is 0 Å². The fourth-order valence-electron chi connectivity index (χ4n) is 2.85. The molecule has 0 saturated carbocycles. The molecule has 112 valence electrons. The van der Waals surface area contributed by atoms with Crippen LogP contribution in [-0.2, 0) is 0 Å². The van der Waals surface area contributed by atoms with Crippen molar-refractivity contribution in [2.45, 2.75) is 82.0 Å². The van der Waals surface area contributed by atoms with Crippen molar-refractivity contribution in [3.8, 4) is 0 Å². The minimum atomic E-state index is -0.553. The molecule has 1 aromatic heterocycles. The minimum absolute atomic E-state index is 0.553. The first kappa shape index (κ1) is 18.0. The van der Waals surface area contributed by atoms with Crippen molar-refractivity contribution >= 4 is 24.7 Å². The zero-order valence-corrected chi connectivity index (χ0v) is 16.5. The molecule has 2 heteroatoms. The second-order valence-corrected chi connectivity index (χ2v) is 11.3. The van der Waals surface area contributed by atoms with Gasteiger partial charge in [0.05, 0.1) is 0 Å². The van der Waals surface area contributed by atoms with E-state index in [9.17, 15) is 0 Å². The van der Waals surface area contributed by atoms with Crippen LogP contribution in [0.5, 0.6) is 0 Å². The monoisotopic (exact) mass is 381 g/mol. The summed E-state index contributed by atoms with van der Waals surface area (Å²) in [7, 11) is 0. The van der Waals surface area contributed by atoms with Gasteiger partial charge >= 0.3 is 136 Å². The Morgan fingerprint density at radius 1 is 0.950 bits per heavy atom. The number of nitrogens with zero attached hydrogens (tertiary/aromatic N) is 1. The van der Waals surface area contributed by atoms with Crippen molar-refractivity contribution in [2.75, 3.05) is 0 Å². The van der Waals surface area contributed by atoms with Gasteiger partial charge in [-0.25, -0.2) is 0 Å². The molecule has 0 unspecified atom stereocenters. The number of hydrogen-bond acceptors (Lipinski definition) is 1. The molecule has 2 radical (unpaired) electrons. The van der Waals surface area contributed by atoms with Crippen LogP contribution in [0.25, 0.3) is 0 Å². The Morgan fingerprint density at radius 2 is 1.50 bits per heavy atom. The van der Waals surface area contributed by atoms with Crippen molar-refractivity contribution in [3.63, 3.8) is 0 Å². The van der Waals surface area contributed by atoms with Crippen LogP contribution in [0.1, 0.15) is 78.6 Å². The summed E-state index contributed by atoms with van der Waals surface area (Å²) < 4.78 is 2.29. The van der Waals surface area contributed by atoms with E-state index in [4.69, 9.17) is 0 Å². The Kier molecular flexibility index (Phi) is 9.58. The first-order valence-corrected chi connectivity index (χ1v) is 11.3. The quantitative estimate of drug-likeness (QED) is 0.485. The molecule has 0 spiro atoms. The van der Waals surface area contributed by atoms with Crippen molar-refractivity contribution in [1.82, 2.24) is 4.98 Å². The molecule has 1 rings (SSSR count). The average Bonchev–Trinajstić information content (AvgIpc) is 2.49. The molecular formula is C18H31NSn. The maximum atomic E-state index is 4.35. The normalized spacial score (nSPS) is 11.8. The molecule has 0 aliphatic rings. The molecule has 0 aromatic carbocycles. The molecule has 1 heterocycles.